The molecule has 2 atom stereocenters. The molecule has 0 radical (unpaired) electrons. The maximum atomic E-state index is 5.69. The first-order chi connectivity index (χ1) is 9.70. The lowest BCUT2D eigenvalue weighted by atomic mass is 9.88. The predicted octanol–water partition coefficient (Wildman–Crippen LogP) is 2.52. The largest absolute Gasteiger partial charge is 0.491 e. The zero-order valence-electron chi connectivity index (χ0n) is 12.6. The van der Waals surface area contributed by atoms with Crippen molar-refractivity contribution in [1.82, 2.24) is 10.2 Å². The van der Waals surface area contributed by atoms with Crippen molar-refractivity contribution in [1.29, 1.82) is 0 Å². The summed E-state index contributed by atoms with van der Waals surface area (Å²) in [5, 5.41) is 3.53. The lowest BCUT2D eigenvalue weighted by molar-refractivity contribution is 0.142. The van der Waals surface area contributed by atoms with Crippen molar-refractivity contribution < 1.29 is 4.74 Å². The molecule has 1 aromatic carbocycles. The molecule has 0 amide bonds. The molecule has 1 N–H and O–H groups in total. The van der Waals surface area contributed by atoms with E-state index in [9.17, 15) is 0 Å². The molecule has 3 rings (SSSR count). The zero-order valence-corrected chi connectivity index (χ0v) is 12.6. The Bertz CT molecular complexity index is 429. The van der Waals surface area contributed by atoms with Crippen LogP contribution in [0.2, 0.25) is 0 Å². The van der Waals surface area contributed by atoms with Crippen molar-refractivity contribution in [2.45, 2.75) is 32.9 Å². The standard InChI is InChI=1S/C17H26N2O/c1-13(2)20-17-5-3-14(4-6-17)11-19-8-7-15-9-18-10-16(15)12-19/h3-6,13,15-16,18H,7-12H2,1-2H3. The molecule has 1 aromatic rings. The third kappa shape index (κ3) is 3.33. The van der Waals surface area contributed by atoms with Crippen LogP contribution < -0.4 is 10.1 Å². The van der Waals surface area contributed by atoms with Crippen molar-refractivity contribution in [3.05, 3.63) is 29.8 Å². The number of ether oxygens (including phenoxy) is 1. The number of nitrogens with zero attached hydrogens (tertiary/aromatic N) is 1. The monoisotopic (exact) mass is 274 g/mol. The van der Waals surface area contributed by atoms with Crippen LogP contribution in [-0.4, -0.2) is 37.2 Å². The molecule has 2 aliphatic heterocycles. The SMILES string of the molecule is CC(C)Oc1ccc(CN2CCC3CNCC3C2)cc1. The Morgan fingerprint density at radius 2 is 1.95 bits per heavy atom. The molecule has 0 aromatic heterocycles. The van der Waals surface area contributed by atoms with Gasteiger partial charge in [0.1, 0.15) is 5.75 Å². The Morgan fingerprint density at radius 1 is 1.20 bits per heavy atom. The third-order valence-corrected chi connectivity index (χ3v) is 4.49. The van der Waals surface area contributed by atoms with Crippen molar-refractivity contribution in [2.24, 2.45) is 11.8 Å². The molecule has 2 heterocycles. The molecule has 2 aliphatic rings. The number of nitrogens with one attached hydrogen (secondary N) is 1. The highest BCUT2D eigenvalue weighted by atomic mass is 16.5. The fraction of sp³-hybridized carbons (Fsp3) is 0.647. The minimum atomic E-state index is 0.245. The maximum Gasteiger partial charge on any atom is 0.119 e. The quantitative estimate of drug-likeness (QED) is 0.913. The molecule has 3 nitrogen and oxygen atoms in total. The van der Waals surface area contributed by atoms with Gasteiger partial charge in [-0.2, -0.15) is 0 Å². The van der Waals surface area contributed by atoms with Gasteiger partial charge in [0.05, 0.1) is 6.10 Å². The van der Waals surface area contributed by atoms with E-state index in [4.69, 9.17) is 4.74 Å². The molecule has 0 bridgehead atoms. The van der Waals surface area contributed by atoms with E-state index in [1.807, 2.05) is 0 Å². The zero-order chi connectivity index (χ0) is 13.9. The minimum absolute atomic E-state index is 0.245. The van der Waals surface area contributed by atoms with E-state index in [1.54, 1.807) is 0 Å². The van der Waals surface area contributed by atoms with Gasteiger partial charge in [0.15, 0.2) is 0 Å². The molecule has 2 saturated heterocycles. The molecule has 3 heteroatoms. The fourth-order valence-corrected chi connectivity index (χ4v) is 3.46. The average molecular weight is 274 g/mol. The van der Waals surface area contributed by atoms with Gasteiger partial charge < -0.3 is 10.1 Å². The summed E-state index contributed by atoms with van der Waals surface area (Å²) in [5.74, 6) is 2.77. The van der Waals surface area contributed by atoms with Crippen molar-refractivity contribution in [3.63, 3.8) is 0 Å². The van der Waals surface area contributed by atoms with Crippen LogP contribution in [0.3, 0.4) is 0 Å². The highest BCUT2D eigenvalue weighted by Crippen LogP contribution is 2.27. The van der Waals surface area contributed by atoms with Crippen LogP contribution in [0.25, 0.3) is 0 Å². The lowest BCUT2D eigenvalue weighted by Gasteiger charge is -2.34. The summed E-state index contributed by atoms with van der Waals surface area (Å²) < 4.78 is 5.69. The van der Waals surface area contributed by atoms with Crippen LogP contribution in [0, 0.1) is 11.8 Å². The number of hydrogen-bond acceptors (Lipinski definition) is 3. The van der Waals surface area contributed by atoms with E-state index in [0.29, 0.717) is 0 Å². The van der Waals surface area contributed by atoms with E-state index >= 15 is 0 Å². The Labute approximate surface area is 122 Å². The number of rotatable bonds is 4. The molecule has 0 aliphatic carbocycles. The van der Waals surface area contributed by atoms with Gasteiger partial charge in [-0.3, -0.25) is 4.90 Å². The van der Waals surface area contributed by atoms with Crippen molar-refractivity contribution in [2.75, 3.05) is 26.2 Å². The van der Waals surface area contributed by atoms with Gasteiger partial charge >= 0.3 is 0 Å². The number of fused-ring (bicyclic) bond motifs is 1. The summed E-state index contributed by atoms with van der Waals surface area (Å²) in [6, 6.07) is 8.60. The van der Waals surface area contributed by atoms with Crippen LogP contribution >= 0.6 is 0 Å². The molecule has 2 fully saturated rings. The highest BCUT2D eigenvalue weighted by Gasteiger charge is 2.32. The van der Waals surface area contributed by atoms with Crippen LogP contribution in [0.4, 0.5) is 0 Å². The first-order valence-corrected chi connectivity index (χ1v) is 7.89. The average Bonchev–Trinajstić information content (AvgIpc) is 2.88. The van der Waals surface area contributed by atoms with E-state index in [-0.39, 0.29) is 6.10 Å². The second-order valence-corrected chi connectivity index (χ2v) is 6.51. The molecule has 0 spiro atoms. The number of piperidine rings is 1. The van der Waals surface area contributed by atoms with Gasteiger partial charge in [-0.25, -0.2) is 0 Å². The van der Waals surface area contributed by atoms with Gasteiger partial charge in [-0.15, -0.1) is 0 Å². The van der Waals surface area contributed by atoms with E-state index in [2.05, 4.69) is 48.3 Å². The van der Waals surface area contributed by atoms with Gasteiger partial charge in [0.25, 0.3) is 0 Å². The number of likely N-dealkylation sites (tertiary alicyclic amines) is 1. The summed E-state index contributed by atoms with van der Waals surface area (Å²) in [7, 11) is 0. The van der Waals surface area contributed by atoms with Crippen LogP contribution in [0.1, 0.15) is 25.8 Å². The Morgan fingerprint density at radius 3 is 2.70 bits per heavy atom. The van der Waals surface area contributed by atoms with E-state index in [0.717, 1.165) is 24.1 Å². The highest BCUT2D eigenvalue weighted by molar-refractivity contribution is 5.27. The second kappa shape index (κ2) is 6.15. The normalized spacial score (nSPS) is 26.8. The summed E-state index contributed by atoms with van der Waals surface area (Å²) in [5.41, 5.74) is 1.39. The van der Waals surface area contributed by atoms with Crippen LogP contribution in [0.15, 0.2) is 24.3 Å². The number of hydrogen-bond donors (Lipinski definition) is 1. The number of benzene rings is 1. The molecular formula is C17H26N2O. The summed E-state index contributed by atoms with van der Waals surface area (Å²) in [6.07, 6.45) is 1.60. The van der Waals surface area contributed by atoms with Gasteiger partial charge in [-0.1, -0.05) is 12.1 Å². The molecule has 110 valence electrons. The minimum Gasteiger partial charge on any atom is -0.491 e. The molecular weight excluding hydrogens is 248 g/mol. The van der Waals surface area contributed by atoms with Crippen LogP contribution in [-0.2, 0) is 6.54 Å². The predicted molar refractivity (Wildman–Crippen MR) is 81.9 cm³/mol. The first-order valence-electron chi connectivity index (χ1n) is 7.89. The summed E-state index contributed by atoms with van der Waals surface area (Å²) in [4.78, 5) is 2.60. The van der Waals surface area contributed by atoms with Gasteiger partial charge in [0.2, 0.25) is 0 Å². The van der Waals surface area contributed by atoms with Gasteiger partial charge in [0, 0.05) is 13.1 Å². The Hall–Kier alpha value is -1.06. The molecule has 0 saturated carbocycles. The lowest BCUT2D eigenvalue weighted by Crippen LogP contribution is -2.39. The summed E-state index contributed by atoms with van der Waals surface area (Å²) >= 11 is 0. The topological polar surface area (TPSA) is 24.5 Å². The van der Waals surface area contributed by atoms with E-state index < -0.39 is 0 Å². The Balaban J connectivity index is 1.55. The maximum absolute atomic E-state index is 5.69. The van der Waals surface area contributed by atoms with Crippen molar-refractivity contribution in [3.8, 4) is 5.75 Å². The third-order valence-electron chi connectivity index (χ3n) is 4.49. The van der Waals surface area contributed by atoms with Crippen LogP contribution in [0.5, 0.6) is 5.75 Å². The molecule has 2 unspecified atom stereocenters. The first kappa shape index (κ1) is 13.9. The smallest absolute Gasteiger partial charge is 0.119 e. The summed E-state index contributed by atoms with van der Waals surface area (Å²) in [6.45, 7) is 10.1. The van der Waals surface area contributed by atoms with Crippen molar-refractivity contribution >= 4 is 0 Å². The fourth-order valence-electron chi connectivity index (χ4n) is 3.46. The Kier molecular flexibility index (Phi) is 4.27. The van der Waals surface area contributed by atoms with Gasteiger partial charge in [-0.05, 0) is 69.4 Å². The second-order valence-electron chi connectivity index (χ2n) is 6.51. The molecule has 20 heavy (non-hydrogen) atoms. The van der Waals surface area contributed by atoms with E-state index in [1.165, 1.54) is 38.2 Å².